The van der Waals surface area contributed by atoms with E-state index in [1.165, 1.54) is 0 Å². The zero-order valence-electron chi connectivity index (χ0n) is 14.5. The number of esters is 1. The van der Waals surface area contributed by atoms with Crippen LogP contribution in [0.2, 0.25) is 0 Å². The fraction of sp³-hybridized carbons (Fsp3) is 0.136. The maximum Gasteiger partial charge on any atom is 0.339 e. The van der Waals surface area contributed by atoms with E-state index in [2.05, 4.69) is 10.3 Å². The molecule has 27 heavy (non-hydrogen) atoms. The van der Waals surface area contributed by atoms with Crippen LogP contribution in [0.25, 0.3) is 0 Å². The minimum Gasteiger partial charge on any atom is -0.448 e. The number of hydrogen-bond acceptors (Lipinski definition) is 4. The summed E-state index contributed by atoms with van der Waals surface area (Å²) < 4.78 is 5.38. The van der Waals surface area contributed by atoms with Gasteiger partial charge < -0.3 is 10.1 Å². The summed E-state index contributed by atoms with van der Waals surface area (Å²) >= 11 is 0. The van der Waals surface area contributed by atoms with Gasteiger partial charge in [0.05, 0.1) is 17.3 Å². The Morgan fingerprint density at radius 3 is 2.52 bits per heavy atom. The van der Waals surface area contributed by atoms with Crippen LogP contribution in [0.1, 0.15) is 33.2 Å². The fourth-order valence-corrected chi connectivity index (χ4v) is 3.23. The van der Waals surface area contributed by atoms with Crippen LogP contribution in [0.3, 0.4) is 0 Å². The van der Waals surface area contributed by atoms with Crippen LogP contribution in [0, 0.1) is 0 Å². The quantitative estimate of drug-likeness (QED) is 0.728. The molecule has 5 nitrogen and oxygen atoms in total. The van der Waals surface area contributed by atoms with Crippen molar-refractivity contribution >= 4 is 11.9 Å². The highest BCUT2D eigenvalue weighted by atomic mass is 16.5. The molecule has 0 radical (unpaired) electrons. The monoisotopic (exact) mass is 358 g/mol. The van der Waals surface area contributed by atoms with Crippen molar-refractivity contribution in [1.29, 1.82) is 0 Å². The van der Waals surface area contributed by atoms with Gasteiger partial charge in [0.15, 0.2) is 6.10 Å². The summed E-state index contributed by atoms with van der Waals surface area (Å²) in [4.78, 5) is 29.5. The number of ether oxygens (including phenoxy) is 1. The lowest BCUT2D eigenvalue weighted by Gasteiger charge is -2.26. The van der Waals surface area contributed by atoms with Crippen molar-refractivity contribution in [3.8, 4) is 0 Å². The Labute approximate surface area is 157 Å². The number of benzene rings is 2. The Bertz CT molecular complexity index is 918. The van der Waals surface area contributed by atoms with Crippen molar-refractivity contribution in [2.45, 2.75) is 18.6 Å². The summed E-state index contributed by atoms with van der Waals surface area (Å²) in [6.45, 7) is 0. The molecule has 3 aromatic rings. The average molecular weight is 358 g/mol. The standard InChI is InChI=1S/C22H18N2O3/c25-21(19-14-16-10-4-5-11-17(16)22(26)27-19)24-20(15-8-2-1-3-9-15)18-12-6-7-13-23-18/h1-13,19-20H,14H2,(H,24,25)/t19-,20+/m0/s1. The Morgan fingerprint density at radius 2 is 1.74 bits per heavy atom. The minimum absolute atomic E-state index is 0.336. The molecule has 1 aromatic heterocycles. The van der Waals surface area contributed by atoms with E-state index >= 15 is 0 Å². The Morgan fingerprint density at radius 1 is 1.00 bits per heavy atom. The molecule has 1 N–H and O–H groups in total. The summed E-state index contributed by atoms with van der Waals surface area (Å²) in [5, 5.41) is 2.99. The molecule has 1 aliphatic rings. The predicted molar refractivity (Wildman–Crippen MR) is 100 cm³/mol. The van der Waals surface area contributed by atoms with Crippen LogP contribution in [0.15, 0.2) is 79.0 Å². The van der Waals surface area contributed by atoms with E-state index in [0.29, 0.717) is 12.0 Å². The van der Waals surface area contributed by atoms with Gasteiger partial charge in [0.1, 0.15) is 0 Å². The lowest BCUT2D eigenvalue weighted by molar-refractivity contribution is -0.130. The molecule has 2 aromatic carbocycles. The zero-order chi connectivity index (χ0) is 18.6. The molecular formula is C22H18N2O3. The number of pyridine rings is 1. The molecule has 4 rings (SSSR count). The van der Waals surface area contributed by atoms with Crippen molar-refractivity contribution in [2.24, 2.45) is 0 Å². The lowest BCUT2D eigenvalue weighted by atomic mass is 9.97. The van der Waals surface area contributed by atoms with Gasteiger partial charge in [0.25, 0.3) is 5.91 Å². The first-order valence-corrected chi connectivity index (χ1v) is 8.77. The molecule has 0 saturated carbocycles. The second-order valence-electron chi connectivity index (χ2n) is 6.36. The molecule has 0 spiro atoms. The van der Waals surface area contributed by atoms with Crippen molar-refractivity contribution in [2.75, 3.05) is 0 Å². The van der Waals surface area contributed by atoms with E-state index in [1.54, 1.807) is 18.3 Å². The number of hydrogen-bond donors (Lipinski definition) is 1. The number of fused-ring (bicyclic) bond motifs is 1. The second-order valence-corrected chi connectivity index (χ2v) is 6.36. The van der Waals surface area contributed by atoms with E-state index in [0.717, 1.165) is 16.8 Å². The van der Waals surface area contributed by atoms with Crippen LogP contribution < -0.4 is 5.32 Å². The molecule has 1 amide bonds. The first kappa shape index (κ1) is 17.0. The molecule has 2 heterocycles. The Hall–Kier alpha value is -3.47. The molecule has 0 saturated heterocycles. The topological polar surface area (TPSA) is 68.3 Å². The third kappa shape index (κ3) is 3.58. The van der Waals surface area contributed by atoms with Crippen molar-refractivity contribution < 1.29 is 14.3 Å². The number of cyclic esters (lactones) is 1. The van der Waals surface area contributed by atoms with Crippen LogP contribution in [0.4, 0.5) is 0 Å². The van der Waals surface area contributed by atoms with Crippen molar-refractivity contribution in [3.05, 3.63) is 101 Å². The summed E-state index contributed by atoms with van der Waals surface area (Å²) in [5.41, 5.74) is 2.97. The van der Waals surface area contributed by atoms with Gasteiger partial charge in [0, 0.05) is 12.6 Å². The molecule has 0 bridgehead atoms. The van der Waals surface area contributed by atoms with Crippen LogP contribution in [-0.4, -0.2) is 23.0 Å². The molecule has 1 aliphatic heterocycles. The van der Waals surface area contributed by atoms with E-state index < -0.39 is 18.1 Å². The largest absolute Gasteiger partial charge is 0.448 e. The molecule has 0 aliphatic carbocycles. The van der Waals surface area contributed by atoms with Crippen LogP contribution in [0.5, 0.6) is 0 Å². The van der Waals surface area contributed by atoms with Gasteiger partial charge in [-0.2, -0.15) is 0 Å². The summed E-state index contributed by atoms with van der Waals surface area (Å²) in [7, 11) is 0. The van der Waals surface area contributed by atoms with Gasteiger partial charge in [-0.15, -0.1) is 0 Å². The fourth-order valence-electron chi connectivity index (χ4n) is 3.23. The normalized spacial score (nSPS) is 16.7. The van der Waals surface area contributed by atoms with Crippen molar-refractivity contribution in [1.82, 2.24) is 10.3 Å². The first-order valence-electron chi connectivity index (χ1n) is 8.77. The lowest BCUT2D eigenvalue weighted by Crippen LogP contribution is -2.43. The number of carbonyl (C=O) groups is 2. The molecule has 134 valence electrons. The van der Waals surface area contributed by atoms with Crippen LogP contribution >= 0.6 is 0 Å². The highest BCUT2D eigenvalue weighted by Gasteiger charge is 2.32. The summed E-state index contributed by atoms with van der Waals surface area (Å²) in [6.07, 6.45) is 1.19. The van der Waals surface area contributed by atoms with Gasteiger partial charge in [-0.3, -0.25) is 9.78 Å². The summed E-state index contributed by atoms with van der Waals surface area (Å²) in [6, 6.07) is 22.0. The SMILES string of the molecule is O=C1O[C@H](C(=O)N[C@H](c2ccccc2)c2ccccn2)Cc2ccccc21. The van der Waals surface area contributed by atoms with Gasteiger partial charge >= 0.3 is 5.97 Å². The third-order valence-electron chi connectivity index (χ3n) is 4.59. The minimum atomic E-state index is -0.859. The number of rotatable bonds is 4. The molecule has 2 atom stereocenters. The zero-order valence-corrected chi connectivity index (χ0v) is 14.5. The predicted octanol–water partition coefficient (Wildman–Crippen LogP) is 3.07. The highest BCUT2D eigenvalue weighted by molar-refractivity contribution is 5.95. The van der Waals surface area contributed by atoms with E-state index in [-0.39, 0.29) is 5.91 Å². The van der Waals surface area contributed by atoms with Gasteiger partial charge in [-0.05, 0) is 29.3 Å². The first-order chi connectivity index (χ1) is 13.2. The van der Waals surface area contributed by atoms with E-state index in [9.17, 15) is 9.59 Å². The number of nitrogens with one attached hydrogen (secondary N) is 1. The third-order valence-corrected chi connectivity index (χ3v) is 4.59. The maximum absolute atomic E-state index is 12.9. The maximum atomic E-state index is 12.9. The molecule has 5 heteroatoms. The van der Waals surface area contributed by atoms with Crippen LogP contribution in [-0.2, 0) is 16.0 Å². The van der Waals surface area contributed by atoms with E-state index in [1.807, 2.05) is 60.7 Å². The Balaban J connectivity index is 1.59. The number of aromatic nitrogens is 1. The van der Waals surface area contributed by atoms with Crippen molar-refractivity contribution in [3.63, 3.8) is 0 Å². The highest BCUT2D eigenvalue weighted by Crippen LogP contribution is 2.23. The second kappa shape index (κ2) is 7.41. The van der Waals surface area contributed by atoms with Gasteiger partial charge in [0.2, 0.25) is 0 Å². The smallest absolute Gasteiger partial charge is 0.339 e. The summed E-state index contributed by atoms with van der Waals surface area (Å²) in [5.74, 6) is -0.802. The van der Waals surface area contributed by atoms with Gasteiger partial charge in [-0.25, -0.2) is 4.79 Å². The number of carbonyl (C=O) groups excluding carboxylic acids is 2. The van der Waals surface area contributed by atoms with Gasteiger partial charge in [-0.1, -0.05) is 54.6 Å². The van der Waals surface area contributed by atoms with E-state index in [4.69, 9.17) is 4.74 Å². The Kier molecular flexibility index (Phi) is 4.66. The molecule has 0 unspecified atom stereocenters. The average Bonchev–Trinajstić information content (AvgIpc) is 2.73. The molecule has 0 fully saturated rings. The number of amides is 1. The molecular weight excluding hydrogens is 340 g/mol. The number of nitrogens with zero attached hydrogens (tertiary/aromatic N) is 1.